The molecule has 0 spiro atoms. The van der Waals surface area contributed by atoms with E-state index in [1.807, 2.05) is 14.1 Å². The Morgan fingerprint density at radius 2 is 1.93 bits per heavy atom. The van der Waals surface area contributed by atoms with Crippen molar-refractivity contribution in [2.24, 2.45) is 0 Å². The molecular formula is C10H21NO3. The Balaban J connectivity index is 3.03. The van der Waals surface area contributed by atoms with Crippen LogP contribution >= 0.6 is 0 Å². The van der Waals surface area contributed by atoms with Gasteiger partial charge in [0.05, 0.1) is 6.61 Å². The molecule has 0 radical (unpaired) electrons. The third-order valence-corrected chi connectivity index (χ3v) is 1.67. The lowest BCUT2D eigenvalue weighted by molar-refractivity contribution is -0.144. The summed E-state index contributed by atoms with van der Waals surface area (Å²) >= 11 is 0. The van der Waals surface area contributed by atoms with Gasteiger partial charge in [0, 0.05) is 13.0 Å². The largest absolute Gasteiger partial charge is 0.463 e. The van der Waals surface area contributed by atoms with Crippen LogP contribution in [0.3, 0.4) is 0 Å². The summed E-state index contributed by atoms with van der Waals surface area (Å²) in [5.74, 6) is -0.165. The van der Waals surface area contributed by atoms with Crippen LogP contribution in [0.4, 0.5) is 0 Å². The molecule has 0 rings (SSSR count). The number of hydrogen-bond donors (Lipinski definition) is 0. The van der Waals surface area contributed by atoms with E-state index in [0.717, 1.165) is 19.6 Å². The van der Waals surface area contributed by atoms with Gasteiger partial charge < -0.3 is 14.4 Å². The smallest absolute Gasteiger partial charge is 0.305 e. The number of hydrogen-bond acceptors (Lipinski definition) is 4. The average molecular weight is 203 g/mol. The third kappa shape index (κ3) is 9.48. The van der Waals surface area contributed by atoms with Crippen LogP contribution in [0.25, 0.3) is 0 Å². The lowest BCUT2D eigenvalue weighted by Gasteiger charge is -2.09. The molecular weight excluding hydrogens is 182 g/mol. The zero-order valence-corrected chi connectivity index (χ0v) is 9.41. The summed E-state index contributed by atoms with van der Waals surface area (Å²) in [6, 6.07) is 0. The molecule has 0 saturated heterocycles. The van der Waals surface area contributed by atoms with Crippen LogP contribution in [-0.2, 0) is 14.3 Å². The zero-order valence-electron chi connectivity index (χ0n) is 9.41. The molecule has 0 unspecified atom stereocenters. The molecule has 0 atom stereocenters. The summed E-state index contributed by atoms with van der Waals surface area (Å²) in [6.45, 7) is 4.39. The first-order valence-electron chi connectivity index (χ1n) is 5.05. The first-order valence-corrected chi connectivity index (χ1v) is 5.05. The molecule has 14 heavy (non-hydrogen) atoms. The first-order chi connectivity index (χ1) is 6.66. The van der Waals surface area contributed by atoms with E-state index in [9.17, 15) is 4.79 Å². The highest BCUT2D eigenvalue weighted by molar-refractivity contribution is 5.68. The molecule has 0 bridgehead atoms. The van der Waals surface area contributed by atoms with Crippen LogP contribution in [0, 0.1) is 0 Å². The lowest BCUT2D eigenvalue weighted by Crippen LogP contribution is -2.16. The van der Waals surface area contributed by atoms with Gasteiger partial charge in [-0.15, -0.1) is 0 Å². The Labute approximate surface area is 86.2 Å². The Hall–Kier alpha value is -0.610. The normalized spacial score (nSPS) is 10.6. The van der Waals surface area contributed by atoms with Crippen molar-refractivity contribution in [3.8, 4) is 0 Å². The van der Waals surface area contributed by atoms with E-state index in [2.05, 4.69) is 4.90 Å². The average Bonchev–Trinajstić information content (AvgIpc) is 2.15. The minimum atomic E-state index is -0.165. The van der Waals surface area contributed by atoms with Crippen LogP contribution < -0.4 is 0 Å². The highest BCUT2D eigenvalue weighted by Crippen LogP contribution is 1.88. The number of ether oxygens (including phenoxy) is 2. The van der Waals surface area contributed by atoms with Crippen molar-refractivity contribution in [1.29, 1.82) is 0 Å². The minimum Gasteiger partial charge on any atom is -0.463 e. The van der Waals surface area contributed by atoms with Crippen LogP contribution in [-0.4, -0.2) is 51.3 Å². The highest BCUT2D eigenvalue weighted by atomic mass is 16.6. The molecule has 0 N–H and O–H groups in total. The van der Waals surface area contributed by atoms with Gasteiger partial charge in [-0.3, -0.25) is 4.79 Å². The molecule has 84 valence electrons. The van der Waals surface area contributed by atoms with Crippen LogP contribution in [0.15, 0.2) is 0 Å². The fraction of sp³-hybridized carbons (Fsp3) is 0.900. The fourth-order valence-electron chi connectivity index (χ4n) is 0.901. The predicted molar refractivity (Wildman–Crippen MR) is 55.2 cm³/mol. The molecule has 0 aliphatic rings. The van der Waals surface area contributed by atoms with Gasteiger partial charge in [-0.2, -0.15) is 0 Å². The second kappa shape index (κ2) is 8.97. The van der Waals surface area contributed by atoms with Gasteiger partial charge in [0.25, 0.3) is 0 Å². The molecule has 0 heterocycles. The van der Waals surface area contributed by atoms with E-state index in [1.165, 1.54) is 0 Å². The summed E-state index contributed by atoms with van der Waals surface area (Å²) in [7, 11) is 4.06. The predicted octanol–water partition coefficient (Wildman–Crippen LogP) is 0.908. The number of esters is 1. The van der Waals surface area contributed by atoms with E-state index in [0.29, 0.717) is 19.6 Å². The van der Waals surface area contributed by atoms with Gasteiger partial charge in [0.15, 0.2) is 0 Å². The fourth-order valence-corrected chi connectivity index (χ4v) is 0.901. The molecule has 0 fully saturated rings. The number of carbonyl (C=O) groups excluding carboxylic acids is 1. The molecule has 0 aliphatic carbocycles. The Morgan fingerprint density at radius 3 is 2.50 bits per heavy atom. The summed E-state index contributed by atoms with van der Waals surface area (Å²) in [5.41, 5.74) is 0. The summed E-state index contributed by atoms with van der Waals surface area (Å²) in [6.07, 6.45) is 1.44. The van der Waals surface area contributed by atoms with Crippen molar-refractivity contribution in [3.05, 3.63) is 0 Å². The Morgan fingerprint density at radius 1 is 1.21 bits per heavy atom. The molecule has 0 aromatic carbocycles. The standard InChI is InChI=1S/C10H21NO3/c1-4-10(12)14-9-8-13-7-5-6-11(2)3/h4-9H2,1-3H3. The molecule has 0 aromatic heterocycles. The van der Waals surface area contributed by atoms with Gasteiger partial charge in [-0.05, 0) is 27.1 Å². The van der Waals surface area contributed by atoms with Crippen molar-refractivity contribution in [2.45, 2.75) is 19.8 Å². The maximum atomic E-state index is 10.7. The van der Waals surface area contributed by atoms with E-state index >= 15 is 0 Å². The van der Waals surface area contributed by atoms with Gasteiger partial charge in [-0.1, -0.05) is 6.92 Å². The molecule has 0 aromatic rings. The molecule has 0 aliphatic heterocycles. The maximum absolute atomic E-state index is 10.7. The van der Waals surface area contributed by atoms with Crippen molar-refractivity contribution in [1.82, 2.24) is 4.90 Å². The van der Waals surface area contributed by atoms with E-state index in [-0.39, 0.29) is 5.97 Å². The molecule has 0 saturated carbocycles. The second-order valence-electron chi connectivity index (χ2n) is 3.34. The van der Waals surface area contributed by atoms with Crippen molar-refractivity contribution < 1.29 is 14.3 Å². The third-order valence-electron chi connectivity index (χ3n) is 1.67. The quantitative estimate of drug-likeness (QED) is 0.434. The van der Waals surface area contributed by atoms with Gasteiger partial charge in [0.2, 0.25) is 0 Å². The van der Waals surface area contributed by atoms with Crippen LogP contribution in [0.2, 0.25) is 0 Å². The molecule has 4 heteroatoms. The van der Waals surface area contributed by atoms with Crippen LogP contribution in [0.1, 0.15) is 19.8 Å². The molecule has 4 nitrogen and oxygen atoms in total. The summed E-state index contributed by atoms with van der Waals surface area (Å²) in [4.78, 5) is 12.8. The van der Waals surface area contributed by atoms with Crippen molar-refractivity contribution in [3.63, 3.8) is 0 Å². The Kier molecular flexibility index (Phi) is 8.57. The van der Waals surface area contributed by atoms with Crippen molar-refractivity contribution in [2.75, 3.05) is 40.5 Å². The number of carbonyl (C=O) groups is 1. The topological polar surface area (TPSA) is 38.8 Å². The van der Waals surface area contributed by atoms with E-state index in [1.54, 1.807) is 6.92 Å². The van der Waals surface area contributed by atoms with Crippen LogP contribution in [0.5, 0.6) is 0 Å². The van der Waals surface area contributed by atoms with E-state index < -0.39 is 0 Å². The zero-order chi connectivity index (χ0) is 10.8. The SMILES string of the molecule is CCC(=O)OCCOCCCN(C)C. The number of nitrogens with zero attached hydrogens (tertiary/aromatic N) is 1. The van der Waals surface area contributed by atoms with Gasteiger partial charge in [-0.25, -0.2) is 0 Å². The maximum Gasteiger partial charge on any atom is 0.305 e. The summed E-state index contributed by atoms with van der Waals surface area (Å²) < 4.78 is 10.1. The highest BCUT2D eigenvalue weighted by Gasteiger charge is 1.97. The van der Waals surface area contributed by atoms with E-state index in [4.69, 9.17) is 9.47 Å². The van der Waals surface area contributed by atoms with Crippen molar-refractivity contribution >= 4 is 5.97 Å². The Bertz CT molecular complexity index is 148. The second-order valence-corrected chi connectivity index (χ2v) is 3.34. The first kappa shape index (κ1) is 13.4. The molecule has 0 amide bonds. The minimum absolute atomic E-state index is 0.165. The number of rotatable bonds is 8. The van der Waals surface area contributed by atoms with Gasteiger partial charge in [0.1, 0.15) is 6.61 Å². The monoisotopic (exact) mass is 203 g/mol. The lowest BCUT2D eigenvalue weighted by atomic mass is 10.4. The van der Waals surface area contributed by atoms with Gasteiger partial charge >= 0.3 is 5.97 Å². The summed E-state index contributed by atoms with van der Waals surface area (Å²) in [5, 5.41) is 0.